The number of halogens is 1. The molecule has 2 rings (SSSR count). The molecule has 1 aliphatic carbocycles. The first kappa shape index (κ1) is 13.5. The largest absolute Gasteiger partial charge is 0.394 e. The van der Waals surface area contributed by atoms with Gasteiger partial charge < -0.3 is 16.2 Å². The molecule has 1 aliphatic rings. The van der Waals surface area contributed by atoms with E-state index in [0.29, 0.717) is 22.0 Å². The summed E-state index contributed by atoms with van der Waals surface area (Å²) in [7, 11) is 0. The fourth-order valence-corrected chi connectivity index (χ4v) is 2.98. The maximum Gasteiger partial charge on any atom is 0.146 e. The Morgan fingerprint density at radius 3 is 3.06 bits per heavy atom. The number of hydrogen-bond acceptors (Lipinski definition) is 5. The van der Waals surface area contributed by atoms with E-state index in [0.717, 1.165) is 19.3 Å². The Morgan fingerprint density at radius 2 is 2.39 bits per heavy atom. The lowest BCUT2D eigenvalue weighted by Crippen LogP contribution is -2.46. The Bertz CT molecular complexity index is 429. The van der Waals surface area contributed by atoms with Crippen LogP contribution in [0.4, 0.5) is 11.6 Å². The molecule has 6 heteroatoms. The Kier molecular flexibility index (Phi) is 4.07. The number of nitrogens with zero attached hydrogens (tertiary/aromatic N) is 2. The van der Waals surface area contributed by atoms with Crippen molar-refractivity contribution < 1.29 is 5.11 Å². The van der Waals surface area contributed by atoms with Gasteiger partial charge in [0.15, 0.2) is 0 Å². The normalized spacial score (nSPS) is 28.1. The van der Waals surface area contributed by atoms with E-state index in [1.165, 1.54) is 12.7 Å². The summed E-state index contributed by atoms with van der Waals surface area (Å²) in [6.07, 6.45) is 5.66. The van der Waals surface area contributed by atoms with Crippen LogP contribution in [0.5, 0.6) is 0 Å². The van der Waals surface area contributed by atoms with Crippen molar-refractivity contribution in [3.63, 3.8) is 0 Å². The number of nitrogens with two attached hydrogens (primary N) is 1. The highest BCUT2D eigenvalue weighted by Crippen LogP contribution is 2.36. The van der Waals surface area contributed by atoms with Gasteiger partial charge in [0, 0.05) is 0 Å². The van der Waals surface area contributed by atoms with Gasteiger partial charge in [0.1, 0.15) is 22.4 Å². The van der Waals surface area contributed by atoms with Gasteiger partial charge in [0.2, 0.25) is 0 Å². The van der Waals surface area contributed by atoms with Gasteiger partial charge in [-0.25, -0.2) is 9.97 Å². The topological polar surface area (TPSA) is 84.1 Å². The van der Waals surface area contributed by atoms with E-state index in [1.807, 2.05) is 0 Å². The molecule has 2 atom stereocenters. The molecule has 1 fully saturated rings. The molecule has 1 aromatic heterocycles. The summed E-state index contributed by atoms with van der Waals surface area (Å²) in [4.78, 5) is 8.10. The van der Waals surface area contributed by atoms with Gasteiger partial charge in [0.25, 0.3) is 0 Å². The van der Waals surface area contributed by atoms with Crippen LogP contribution in [-0.4, -0.2) is 27.2 Å². The third-order valence-electron chi connectivity index (χ3n) is 3.59. The van der Waals surface area contributed by atoms with E-state index < -0.39 is 0 Å². The minimum Gasteiger partial charge on any atom is -0.394 e. The molecule has 18 heavy (non-hydrogen) atoms. The number of aliphatic hydroxyl groups excluding tert-OH is 1. The van der Waals surface area contributed by atoms with Gasteiger partial charge in [-0.1, -0.05) is 19.8 Å². The number of hydrogen-bond donors (Lipinski definition) is 3. The molecule has 0 spiro atoms. The summed E-state index contributed by atoms with van der Waals surface area (Å²) in [5, 5.41) is 13.1. The lowest BCUT2D eigenvalue weighted by atomic mass is 9.77. The van der Waals surface area contributed by atoms with Gasteiger partial charge in [-0.15, -0.1) is 0 Å². The van der Waals surface area contributed by atoms with Crippen molar-refractivity contribution in [2.24, 2.45) is 5.92 Å². The van der Waals surface area contributed by atoms with Crippen LogP contribution in [-0.2, 0) is 0 Å². The van der Waals surface area contributed by atoms with Gasteiger partial charge in [-0.3, -0.25) is 0 Å². The first-order chi connectivity index (χ1) is 8.56. The van der Waals surface area contributed by atoms with Crippen LogP contribution < -0.4 is 11.1 Å². The van der Waals surface area contributed by atoms with E-state index in [1.54, 1.807) is 0 Å². The molecule has 0 aliphatic heterocycles. The van der Waals surface area contributed by atoms with E-state index in [4.69, 9.17) is 5.73 Å². The van der Waals surface area contributed by atoms with Gasteiger partial charge in [-0.05, 0) is 34.7 Å². The van der Waals surface area contributed by atoms with E-state index in [-0.39, 0.29) is 12.1 Å². The highest BCUT2D eigenvalue weighted by Gasteiger charge is 2.35. The molecule has 0 saturated heterocycles. The number of nitrogens with one attached hydrogen (secondary N) is 1. The molecule has 100 valence electrons. The predicted molar refractivity (Wildman–Crippen MR) is 75.2 cm³/mol. The minimum atomic E-state index is -0.291. The van der Waals surface area contributed by atoms with Crippen molar-refractivity contribution in [3.8, 4) is 0 Å². The molecule has 0 amide bonds. The second kappa shape index (κ2) is 5.40. The molecular formula is C12H19BrN4O. The maximum atomic E-state index is 9.73. The Morgan fingerprint density at radius 1 is 1.61 bits per heavy atom. The van der Waals surface area contributed by atoms with Gasteiger partial charge in [0.05, 0.1) is 12.1 Å². The van der Waals surface area contributed by atoms with Crippen LogP contribution >= 0.6 is 15.9 Å². The van der Waals surface area contributed by atoms with Crippen LogP contribution in [0.1, 0.15) is 32.6 Å². The molecule has 5 nitrogen and oxygen atoms in total. The SMILES string of the molecule is CC1CCCC(CO)(Nc2ncnc(N)c2Br)C1. The highest BCUT2D eigenvalue weighted by molar-refractivity contribution is 9.10. The summed E-state index contributed by atoms with van der Waals surface area (Å²) in [5.74, 6) is 1.67. The van der Waals surface area contributed by atoms with E-state index >= 15 is 0 Å². The average molecular weight is 315 g/mol. The molecule has 1 heterocycles. The van der Waals surface area contributed by atoms with E-state index in [2.05, 4.69) is 38.1 Å². The predicted octanol–water partition coefficient (Wildman–Crippen LogP) is 2.17. The molecule has 4 N–H and O–H groups in total. The standard InChI is InChI=1S/C12H19BrN4O/c1-8-3-2-4-12(5-8,6-18)17-11-9(13)10(14)15-7-16-11/h7-8,18H,2-6H2,1H3,(H3,14,15,16,17). The maximum absolute atomic E-state index is 9.73. The van der Waals surface area contributed by atoms with Crippen LogP contribution in [0, 0.1) is 5.92 Å². The van der Waals surface area contributed by atoms with Crippen molar-refractivity contribution in [2.75, 3.05) is 17.7 Å². The lowest BCUT2D eigenvalue weighted by molar-refractivity contribution is 0.149. The molecule has 0 radical (unpaired) electrons. The number of anilines is 2. The number of nitrogen functional groups attached to an aromatic ring is 1. The average Bonchev–Trinajstić information content (AvgIpc) is 2.35. The summed E-state index contributed by atoms with van der Waals surface area (Å²) in [5.41, 5.74) is 5.45. The fraction of sp³-hybridized carbons (Fsp3) is 0.667. The summed E-state index contributed by atoms with van der Waals surface area (Å²) < 4.78 is 0.663. The zero-order valence-corrected chi connectivity index (χ0v) is 12.1. The summed E-state index contributed by atoms with van der Waals surface area (Å²) >= 11 is 3.38. The molecule has 2 unspecified atom stereocenters. The third kappa shape index (κ3) is 2.75. The van der Waals surface area contributed by atoms with Crippen LogP contribution in [0.15, 0.2) is 10.8 Å². The second-order valence-electron chi connectivity index (χ2n) is 5.19. The number of aliphatic hydroxyl groups is 1. The molecule has 0 aromatic carbocycles. The zero-order chi connectivity index (χ0) is 13.2. The minimum absolute atomic E-state index is 0.105. The first-order valence-electron chi connectivity index (χ1n) is 6.21. The molecule has 0 bridgehead atoms. The molecular weight excluding hydrogens is 296 g/mol. The van der Waals surface area contributed by atoms with Crippen molar-refractivity contribution in [1.29, 1.82) is 0 Å². The Labute approximate surface area is 115 Å². The van der Waals surface area contributed by atoms with Crippen LogP contribution in [0.3, 0.4) is 0 Å². The Hall–Kier alpha value is -0.880. The monoisotopic (exact) mass is 314 g/mol. The first-order valence-corrected chi connectivity index (χ1v) is 7.01. The van der Waals surface area contributed by atoms with Crippen molar-refractivity contribution in [3.05, 3.63) is 10.8 Å². The lowest BCUT2D eigenvalue weighted by Gasteiger charge is -2.40. The van der Waals surface area contributed by atoms with Crippen LogP contribution in [0.2, 0.25) is 0 Å². The zero-order valence-electron chi connectivity index (χ0n) is 10.5. The van der Waals surface area contributed by atoms with Gasteiger partial charge in [-0.2, -0.15) is 0 Å². The molecule has 1 saturated carbocycles. The third-order valence-corrected chi connectivity index (χ3v) is 4.38. The van der Waals surface area contributed by atoms with Crippen LogP contribution in [0.25, 0.3) is 0 Å². The number of aromatic nitrogens is 2. The summed E-state index contributed by atoms with van der Waals surface area (Å²) in [6, 6.07) is 0. The smallest absolute Gasteiger partial charge is 0.146 e. The Balaban J connectivity index is 2.22. The van der Waals surface area contributed by atoms with Gasteiger partial charge >= 0.3 is 0 Å². The molecule has 1 aromatic rings. The second-order valence-corrected chi connectivity index (χ2v) is 5.98. The summed E-state index contributed by atoms with van der Waals surface area (Å²) in [6.45, 7) is 2.32. The van der Waals surface area contributed by atoms with Crippen molar-refractivity contribution in [2.45, 2.75) is 38.1 Å². The highest BCUT2D eigenvalue weighted by atomic mass is 79.9. The van der Waals surface area contributed by atoms with Crippen molar-refractivity contribution >= 4 is 27.6 Å². The van der Waals surface area contributed by atoms with Crippen molar-refractivity contribution in [1.82, 2.24) is 9.97 Å². The fourth-order valence-electron chi connectivity index (χ4n) is 2.68. The quantitative estimate of drug-likeness (QED) is 0.796. The van der Waals surface area contributed by atoms with E-state index in [9.17, 15) is 5.11 Å². The number of rotatable bonds is 3.